The average Bonchev–Trinajstić information content (AvgIpc) is 3.36. The smallest absolute Gasteiger partial charge is 0.410 e. The molecule has 0 aliphatic rings. The van der Waals surface area contributed by atoms with Crippen LogP contribution >= 0.6 is 11.9 Å². The van der Waals surface area contributed by atoms with Gasteiger partial charge in [-0.15, -0.1) is 0 Å². The van der Waals surface area contributed by atoms with Crippen LogP contribution in [0.4, 0.5) is 16.2 Å². The summed E-state index contributed by atoms with van der Waals surface area (Å²) in [4.78, 5) is 34.3. The molecule has 10 heteroatoms. The molecule has 4 rings (SSSR count). The Morgan fingerprint density at radius 2 is 1.64 bits per heavy atom. The van der Waals surface area contributed by atoms with Crippen molar-refractivity contribution in [3.8, 4) is 5.88 Å². The second-order valence-corrected chi connectivity index (χ2v) is 11.8. The van der Waals surface area contributed by atoms with Crippen LogP contribution in [-0.4, -0.2) is 71.2 Å². The van der Waals surface area contributed by atoms with E-state index in [1.165, 1.54) is 0 Å². The number of benzene rings is 3. The van der Waals surface area contributed by atoms with E-state index >= 15 is 0 Å². The van der Waals surface area contributed by atoms with Gasteiger partial charge in [-0.3, -0.25) is 4.79 Å². The molecule has 240 valence electrons. The number of aromatic nitrogens is 1. The zero-order valence-corrected chi connectivity index (χ0v) is 28.3. The van der Waals surface area contributed by atoms with E-state index in [0.717, 1.165) is 16.6 Å². The molecule has 0 atom stereocenters. The fraction of sp³-hybridized carbons (Fsp3) is 0.343. The molecule has 0 spiro atoms. The molecule has 1 heterocycles. The molecule has 0 fully saturated rings. The molecule has 0 radical (unpaired) electrons. The van der Waals surface area contributed by atoms with Gasteiger partial charge in [-0.25, -0.2) is 9.79 Å². The zero-order valence-electron chi connectivity index (χ0n) is 27.5. The molecule has 2 amide bonds. The van der Waals surface area contributed by atoms with Gasteiger partial charge in [-0.1, -0.05) is 62.2 Å². The van der Waals surface area contributed by atoms with Crippen LogP contribution in [0.1, 0.15) is 63.0 Å². The highest BCUT2D eigenvalue weighted by Gasteiger charge is 2.21. The van der Waals surface area contributed by atoms with Gasteiger partial charge in [0.15, 0.2) is 5.88 Å². The number of amides is 2. The Kier molecular flexibility index (Phi) is 12.5. The summed E-state index contributed by atoms with van der Waals surface area (Å²) in [5, 5.41) is 14.6. The first-order valence-corrected chi connectivity index (χ1v) is 16.3. The highest BCUT2D eigenvalue weighted by Crippen LogP contribution is 2.33. The number of likely N-dealkylation sites (N-methyl/N-ethyl adjacent to an activating group) is 1. The molecule has 0 aliphatic carbocycles. The minimum absolute atomic E-state index is 0.0232. The van der Waals surface area contributed by atoms with Crippen molar-refractivity contribution >= 4 is 51.9 Å². The Morgan fingerprint density at radius 1 is 0.978 bits per heavy atom. The number of ether oxygens (including phenoxy) is 1. The van der Waals surface area contributed by atoms with Crippen LogP contribution in [0.2, 0.25) is 0 Å². The topological polar surface area (TPSA) is 110 Å². The van der Waals surface area contributed by atoms with Crippen molar-refractivity contribution in [2.24, 2.45) is 4.99 Å². The highest BCUT2D eigenvalue weighted by molar-refractivity contribution is 7.99. The molecule has 0 saturated carbocycles. The second-order valence-electron chi connectivity index (χ2n) is 11.0. The van der Waals surface area contributed by atoms with E-state index in [9.17, 15) is 14.7 Å². The maximum absolute atomic E-state index is 12.4. The Labute approximate surface area is 270 Å². The van der Waals surface area contributed by atoms with Crippen LogP contribution in [0.3, 0.4) is 0 Å². The summed E-state index contributed by atoms with van der Waals surface area (Å²) in [5.41, 5.74) is 4.28. The van der Waals surface area contributed by atoms with Gasteiger partial charge in [0, 0.05) is 60.7 Å². The van der Waals surface area contributed by atoms with Crippen molar-refractivity contribution in [1.82, 2.24) is 15.2 Å². The first-order chi connectivity index (χ1) is 21.5. The normalized spacial score (nSPS) is 11.4. The maximum atomic E-state index is 12.4. The molecule has 3 aromatic carbocycles. The highest BCUT2D eigenvalue weighted by atomic mass is 32.2. The minimum atomic E-state index is -0.545. The number of carbonyl (C=O) groups is 2. The molecular formula is C35H45N5O4S. The molecule has 0 unspecified atom stereocenters. The summed E-state index contributed by atoms with van der Waals surface area (Å²) in [6.45, 7) is 13.1. The molecule has 0 bridgehead atoms. The lowest BCUT2D eigenvalue weighted by Gasteiger charge is -2.27. The van der Waals surface area contributed by atoms with Gasteiger partial charge in [0.2, 0.25) is 0 Å². The third kappa shape index (κ3) is 9.28. The summed E-state index contributed by atoms with van der Waals surface area (Å²) in [6.07, 6.45) is 1.64. The van der Waals surface area contributed by atoms with Crippen molar-refractivity contribution in [3.05, 3.63) is 89.5 Å². The van der Waals surface area contributed by atoms with Crippen molar-refractivity contribution in [3.63, 3.8) is 0 Å². The van der Waals surface area contributed by atoms with Crippen molar-refractivity contribution in [2.75, 3.05) is 37.2 Å². The largest absolute Gasteiger partial charge is 0.494 e. The van der Waals surface area contributed by atoms with Crippen molar-refractivity contribution < 1.29 is 19.4 Å². The number of fused-ring (bicyclic) bond motifs is 1. The molecule has 9 nitrogen and oxygen atoms in total. The molecule has 1 aromatic heterocycles. The number of nitrogens with zero attached hydrogens (tertiary/aromatic N) is 3. The molecule has 3 N–H and O–H groups in total. The predicted octanol–water partition coefficient (Wildman–Crippen LogP) is 7.77. The summed E-state index contributed by atoms with van der Waals surface area (Å²) in [5.74, 6) is -0.196. The van der Waals surface area contributed by atoms with Gasteiger partial charge in [0.25, 0.3) is 5.91 Å². The lowest BCUT2D eigenvalue weighted by molar-refractivity contribution is 0.0304. The number of aromatic hydroxyl groups is 1. The Hall–Kier alpha value is -4.44. The summed E-state index contributed by atoms with van der Waals surface area (Å²) >= 11 is 1.57. The van der Waals surface area contributed by atoms with Gasteiger partial charge < -0.3 is 29.3 Å². The number of aromatic amines is 1. The minimum Gasteiger partial charge on any atom is -0.494 e. The van der Waals surface area contributed by atoms with Crippen LogP contribution in [0.25, 0.3) is 10.9 Å². The lowest BCUT2D eigenvalue weighted by Crippen LogP contribution is -2.38. The predicted molar refractivity (Wildman–Crippen MR) is 187 cm³/mol. The fourth-order valence-corrected chi connectivity index (χ4v) is 5.10. The number of rotatable bonds is 10. The summed E-state index contributed by atoms with van der Waals surface area (Å²) in [7, 11) is 1.73. The van der Waals surface area contributed by atoms with E-state index in [1.807, 2.05) is 108 Å². The third-order valence-electron chi connectivity index (χ3n) is 6.60. The van der Waals surface area contributed by atoms with E-state index in [4.69, 9.17) is 9.73 Å². The van der Waals surface area contributed by atoms with E-state index in [-0.39, 0.29) is 17.9 Å². The van der Waals surface area contributed by atoms with Gasteiger partial charge in [-0.2, -0.15) is 0 Å². The second kappa shape index (κ2) is 16.0. The number of anilines is 1. The quantitative estimate of drug-likeness (QED) is 0.122. The monoisotopic (exact) mass is 631 g/mol. The number of carbonyl (C=O) groups excluding carboxylic acids is 2. The average molecular weight is 632 g/mol. The van der Waals surface area contributed by atoms with Gasteiger partial charge >= 0.3 is 6.09 Å². The molecule has 0 saturated heterocycles. The standard InChI is InChI=1S/C33H39N5O4S.C2H6/c1-7-34-30(39)23-13-18-26-27(21-23)36-31(40)28(26)29(22-11-9-8-10-12-22)35-24-14-16-25(17-15-24)38(43-6)20-19-37(5)32(41)42-33(2,3)4;1-2/h8-18,21,36,40H,7,19-20H2,1-6H3,(H,34,39);1-2H3. The first kappa shape index (κ1) is 35.0. The van der Waals surface area contributed by atoms with Gasteiger partial charge in [0.1, 0.15) is 5.60 Å². The number of H-pyrrole nitrogens is 1. The summed E-state index contributed by atoms with van der Waals surface area (Å²) in [6, 6.07) is 22.8. The summed E-state index contributed by atoms with van der Waals surface area (Å²) < 4.78 is 7.56. The van der Waals surface area contributed by atoms with Crippen LogP contribution < -0.4 is 9.62 Å². The van der Waals surface area contributed by atoms with Crippen LogP contribution in [0, 0.1) is 0 Å². The van der Waals surface area contributed by atoms with Crippen molar-refractivity contribution in [2.45, 2.75) is 47.1 Å². The number of hydrogen-bond acceptors (Lipinski definition) is 7. The first-order valence-electron chi connectivity index (χ1n) is 15.1. The molecule has 4 aromatic rings. The van der Waals surface area contributed by atoms with E-state index in [0.29, 0.717) is 47.7 Å². The third-order valence-corrected chi connectivity index (χ3v) is 7.44. The van der Waals surface area contributed by atoms with Gasteiger partial charge in [-0.05, 0) is 64.1 Å². The molecular weight excluding hydrogens is 586 g/mol. The van der Waals surface area contributed by atoms with E-state index in [1.54, 1.807) is 36.0 Å². The Balaban J connectivity index is 0.00000271. The molecule has 0 aliphatic heterocycles. The van der Waals surface area contributed by atoms with Crippen LogP contribution in [-0.2, 0) is 4.74 Å². The fourth-order valence-electron chi connectivity index (χ4n) is 4.51. The lowest BCUT2D eigenvalue weighted by atomic mass is 10.00. The van der Waals surface area contributed by atoms with Crippen molar-refractivity contribution in [1.29, 1.82) is 0 Å². The Bertz CT molecular complexity index is 1590. The van der Waals surface area contributed by atoms with Gasteiger partial charge in [0.05, 0.1) is 17.0 Å². The SMILES string of the molecule is CC.CCNC(=O)c1ccc2c(C(=Nc3ccc(N(CCN(C)C(=O)OC(C)(C)C)SC)cc3)c3ccccc3)c(O)[nH]c2c1. The zero-order chi connectivity index (χ0) is 33.1. The van der Waals surface area contributed by atoms with E-state index < -0.39 is 5.60 Å². The molecule has 45 heavy (non-hydrogen) atoms. The van der Waals surface area contributed by atoms with Crippen LogP contribution in [0.5, 0.6) is 5.88 Å². The maximum Gasteiger partial charge on any atom is 0.410 e. The number of aliphatic imine (C=N–C) groups is 1. The van der Waals surface area contributed by atoms with E-state index in [2.05, 4.69) is 14.6 Å². The van der Waals surface area contributed by atoms with Crippen LogP contribution in [0.15, 0.2) is 77.8 Å². The number of nitrogens with one attached hydrogen (secondary N) is 2. The number of hydrogen-bond donors (Lipinski definition) is 3. The Morgan fingerprint density at radius 3 is 2.24 bits per heavy atom.